The first-order valence-electron chi connectivity index (χ1n) is 10.6. The van der Waals surface area contributed by atoms with Crippen LogP contribution in [-0.2, 0) is 14.3 Å². The van der Waals surface area contributed by atoms with Crippen LogP contribution in [0.4, 0.5) is 11.4 Å². The van der Waals surface area contributed by atoms with Gasteiger partial charge in [0.1, 0.15) is 0 Å². The molecule has 1 fully saturated rings. The topological polar surface area (TPSA) is 87.7 Å². The lowest BCUT2D eigenvalue weighted by Gasteiger charge is -2.30. The number of amides is 2. The standard InChI is InChI=1S/C24H29N3O4/c1-3-31-24(30)18-11-13-27(14-12-18)16-22(28)25-20-7-9-21(10-8-20)26-23(29)19-6-4-5-17(2)15-19/h4-10,15,18H,3,11-14,16H2,1-2H3,(H,25,28)(H,26,29). The fourth-order valence-electron chi connectivity index (χ4n) is 3.62. The smallest absolute Gasteiger partial charge is 0.309 e. The molecule has 0 bridgehead atoms. The van der Waals surface area contributed by atoms with Gasteiger partial charge in [0.25, 0.3) is 5.91 Å². The minimum atomic E-state index is -0.174. The van der Waals surface area contributed by atoms with Gasteiger partial charge in [-0.05, 0) is 76.2 Å². The average molecular weight is 424 g/mol. The average Bonchev–Trinajstić information content (AvgIpc) is 2.75. The molecule has 1 aliphatic heterocycles. The molecule has 1 saturated heterocycles. The minimum absolute atomic E-state index is 0.0678. The molecule has 0 unspecified atom stereocenters. The number of piperidine rings is 1. The molecule has 0 spiro atoms. The van der Waals surface area contributed by atoms with Gasteiger partial charge in [0.15, 0.2) is 0 Å². The maximum absolute atomic E-state index is 12.4. The zero-order chi connectivity index (χ0) is 22.2. The maximum Gasteiger partial charge on any atom is 0.309 e. The number of carbonyl (C=O) groups is 3. The van der Waals surface area contributed by atoms with E-state index in [0.717, 1.165) is 5.56 Å². The van der Waals surface area contributed by atoms with Gasteiger partial charge >= 0.3 is 5.97 Å². The highest BCUT2D eigenvalue weighted by molar-refractivity contribution is 6.04. The molecular weight excluding hydrogens is 394 g/mol. The number of hydrogen-bond acceptors (Lipinski definition) is 5. The highest BCUT2D eigenvalue weighted by atomic mass is 16.5. The molecule has 3 rings (SSSR count). The van der Waals surface area contributed by atoms with E-state index in [9.17, 15) is 14.4 Å². The van der Waals surface area contributed by atoms with Crippen molar-refractivity contribution in [1.82, 2.24) is 4.90 Å². The van der Waals surface area contributed by atoms with Crippen LogP contribution in [0.3, 0.4) is 0 Å². The molecule has 7 heteroatoms. The summed E-state index contributed by atoms with van der Waals surface area (Å²) in [4.78, 5) is 38.6. The lowest BCUT2D eigenvalue weighted by atomic mass is 9.97. The molecule has 0 atom stereocenters. The molecule has 7 nitrogen and oxygen atoms in total. The van der Waals surface area contributed by atoms with Crippen molar-refractivity contribution < 1.29 is 19.1 Å². The molecule has 0 saturated carbocycles. The predicted octanol–water partition coefficient (Wildman–Crippen LogP) is 3.46. The third-order valence-corrected chi connectivity index (χ3v) is 5.28. The summed E-state index contributed by atoms with van der Waals surface area (Å²) in [6.07, 6.45) is 1.42. The van der Waals surface area contributed by atoms with E-state index in [2.05, 4.69) is 10.6 Å². The minimum Gasteiger partial charge on any atom is -0.466 e. The van der Waals surface area contributed by atoms with Crippen molar-refractivity contribution in [3.8, 4) is 0 Å². The largest absolute Gasteiger partial charge is 0.466 e. The molecule has 31 heavy (non-hydrogen) atoms. The number of hydrogen-bond donors (Lipinski definition) is 2. The Hall–Kier alpha value is -3.19. The summed E-state index contributed by atoms with van der Waals surface area (Å²) < 4.78 is 5.08. The second-order valence-electron chi connectivity index (χ2n) is 7.75. The molecule has 0 aliphatic carbocycles. The molecule has 0 aromatic heterocycles. The van der Waals surface area contributed by atoms with Crippen LogP contribution in [0.5, 0.6) is 0 Å². The Balaban J connectivity index is 1.45. The van der Waals surface area contributed by atoms with Gasteiger partial charge in [-0.15, -0.1) is 0 Å². The summed E-state index contributed by atoms with van der Waals surface area (Å²) in [5.41, 5.74) is 2.95. The molecule has 164 valence electrons. The SMILES string of the molecule is CCOC(=O)C1CCN(CC(=O)Nc2ccc(NC(=O)c3cccc(C)c3)cc2)CC1. The van der Waals surface area contributed by atoms with Gasteiger partial charge in [-0.1, -0.05) is 17.7 Å². The number of ether oxygens (including phenoxy) is 1. The first-order chi connectivity index (χ1) is 14.9. The van der Waals surface area contributed by atoms with Gasteiger partial charge in [-0.2, -0.15) is 0 Å². The molecule has 2 aromatic rings. The summed E-state index contributed by atoms with van der Waals surface area (Å²) in [6.45, 7) is 5.82. The lowest BCUT2D eigenvalue weighted by molar-refractivity contribution is -0.149. The Kier molecular flexibility index (Phi) is 7.78. The van der Waals surface area contributed by atoms with Crippen LogP contribution < -0.4 is 10.6 Å². The van der Waals surface area contributed by atoms with Crippen LogP contribution in [0.2, 0.25) is 0 Å². The Bertz CT molecular complexity index is 919. The van der Waals surface area contributed by atoms with Gasteiger partial charge in [-0.3, -0.25) is 19.3 Å². The third kappa shape index (κ3) is 6.65. The van der Waals surface area contributed by atoms with Gasteiger partial charge in [0.2, 0.25) is 5.91 Å². The highest BCUT2D eigenvalue weighted by Gasteiger charge is 2.26. The molecular formula is C24H29N3O4. The molecule has 1 heterocycles. The number of benzene rings is 2. The Morgan fingerprint density at radius 1 is 1.00 bits per heavy atom. The van der Waals surface area contributed by atoms with Crippen molar-refractivity contribution >= 4 is 29.2 Å². The van der Waals surface area contributed by atoms with Crippen LogP contribution in [0.15, 0.2) is 48.5 Å². The molecule has 0 radical (unpaired) electrons. The number of carbonyl (C=O) groups excluding carboxylic acids is 3. The van der Waals surface area contributed by atoms with Crippen molar-refractivity contribution in [3.63, 3.8) is 0 Å². The molecule has 2 aromatic carbocycles. The van der Waals surface area contributed by atoms with Crippen molar-refractivity contribution in [3.05, 3.63) is 59.7 Å². The van der Waals surface area contributed by atoms with Gasteiger partial charge in [-0.25, -0.2) is 0 Å². The van der Waals surface area contributed by atoms with E-state index in [-0.39, 0.29) is 30.2 Å². The van der Waals surface area contributed by atoms with Gasteiger partial charge in [0, 0.05) is 16.9 Å². The van der Waals surface area contributed by atoms with Crippen LogP contribution >= 0.6 is 0 Å². The maximum atomic E-state index is 12.4. The summed E-state index contributed by atoms with van der Waals surface area (Å²) in [6, 6.07) is 14.4. The third-order valence-electron chi connectivity index (χ3n) is 5.28. The molecule has 2 N–H and O–H groups in total. The van der Waals surface area contributed by atoms with E-state index in [1.807, 2.05) is 36.9 Å². The fraction of sp³-hybridized carbons (Fsp3) is 0.375. The van der Waals surface area contributed by atoms with Crippen LogP contribution in [-0.4, -0.2) is 48.9 Å². The zero-order valence-electron chi connectivity index (χ0n) is 18.0. The Labute approximate surface area is 182 Å². The monoisotopic (exact) mass is 423 g/mol. The van der Waals surface area contributed by atoms with E-state index in [4.69, 9.17) is 4.74 Å². The second-order valence-corrected chi connectivity index (χ2v) is 7.75. The van der Waals surface area contributed by atoms with Crippen LogP contribution in [0.25, 0.3) is 0 Å². The van der Waals surface area contributed by atoms with Gasteiger partial charge in [0.05, 0.1) is 19.1 Å². The van der Waals surface area contributed by atoms with Crippen molar-refractivity contribution in [2.45, 2.75) is 26.7 Å². The van der Waals surface area contributed by atoms with E-state index < -0.39 is 0 Å². The van der Waals surface area contributed by atoms with Crippen LogP contribution in [0, 0.1) is 12.8 Å². The number of aryl methyl sites for hydroxylation is 1. The lowest BCUT2D eigenvalue weighted by Crippen LogP contribution is -2.41. The first-order valence-corrected chi connectivity index (χ1v) is 10.6. The number of likely N-dealkylation sites (tertiary alicyclic amines) is 1. The summed E-state index contributed by atoms with van der Waals surface area (Å²) in [5.74, 6) is -0.485. The van der Waals surface area contributed by atoms with E-state index in [1.54, 1.807) is 30.3 Å². The van der Waals surface area contributed by atoms with Crippen molar-refractivity contribution in [2.75, 3.05) is 36.9 Å². The van der Waals surface area contributed by atoms with Gasteiger partial charge < -0.3 is 15.4 Å². The summed E-state index contributed by atoms with van der Waals surface area (Å²) in [7, 11) is 0. The van der Waals surface area contributed by atoms with E-state index in [1.165, 1.54) is 0 Å². The van der Waals surface area contributed by atoms with E-state index in [0.29, 0.717) is 49.5 Å². The number of nitrogens with zero attached hydrogens (tertiary/aromatic N) is 1. The normalized spacial score (nSPS) is 14.6. The fourth-order valence-corrected chi connectivity index (χ4v) is 3.62. The molecule has 1 aliphatic rings. The number of esters is 1. The Morgan fingerprint density at radius 2 is 1.65 bits per heavy atom. The Morgan fingerprint density at radius 3 is 2.26 bits per heavy atom. The highest BCUT2D eigenvalue weighted by Crippen LogP contribution is 2.19. The van der Waals surface area contributed by atoms with E-state index >= 15 is 0 Å². The predicted molar refractivity (Wildman–Crippen MR) is 120 cm³/mol. The van der Waals surface area contributed by atoms with Crippen LogP contribution in [0.1, 0.15) is 35.7 Å². The number of nitrogens with one attached hydrogen (secondary N) is 2. The number of anilines is 2. The summed E-state index contributed by atoms with van der Waals surface area (Å²) >= 11 is 0. The van der Waals surface area contributed by atoms with Crippen molar-refractivity contribution in [2.24, 2.45) is 5.92 Å². The quantitative estimate of drug-likeness (QED) is 0.666. The second kappa shape index (κ2) is 10.7. The zero-order valence-corrected chi connectivity index (χ0v) is 18.0. The van der Waals surface area contributed by atoms with Crippen molar-refractivity contribution in [1.29, 1.82) is 0 Å². The first kappa shape index (κ1) is 22.5. The number of rotatable bonds is 7. The molecule has 2 amide bonds. The summed E-state index contributed by atoms with van der Waals surface area (Å²) in [5, 5.41) is 5.73.